The Balaban J connectivity index is 2.02. The van der Waals surface area contributed by atoms with Crippen LogP contribution >= 0.6 is 11.8 Å². The van der Waals surface area contributed by atoms with Gasteiger partial charge in [0.05, 0.1) is 5.75 Å². The molecule has 78 valence electrons. The van der Waals surface area contributed by atoms with E-state index in [9.17, 15) is 0 Å². The number of benzene rings is 1. The highest BCUT2D eigenvalue weighted by molar-refractivity contribution is 7.98. The summed E-state index contributed by atoms with van der Waals surface area (Å²) in [5.41, 5.74) is 6.66. The Kier molecular flexibility index (Phi) is 3.02. The van der Waals surface area contributed by atoms with Crippen molar-refractivity contribution in [1.29, 1.82) is 0 Å². The molecule has 0 radical (unpaired) electrons. The van der Waals surface area contributed by atoms with Crippen LogP contribution in [0.3, 0.4) is 0 Å². The molecule has 0 amide bonds. The lowest BCUT2D eigenvalue weighted by atomic mass is 10.3. The molecular formula is C12H13NOS. The predicted molar refractivity (Wildman–Crippen MR) is 63.9 cm³/mol. The highest BCUT2D eigenvalue weighted by Crippen LogP contribution is 2.28. The summed E-state index contributed by atoms with van der Waals surface area (Å²) in [5.74, 6) is 2.76. The lowest BCUT2D eigenvalue weighted by molar-refractivity contribution is 0.501. The van der Waals surface area contributed by atoms with Crippen LogP contribution in [0.1, 0.15) is 11.5 Å². The standard InChI is InChI=1S/C12H13NOS/c1-9-6-7-10(14-9)8-15-12-5-3-2-4-11(12)13/h2-7H,8,13H2,1H3. The van der Waals surface area contributed by atoms with E-state index in [0.29, 0.717) is 0 Å². The maximum absolute atomic E-state index is 5.84. The number of nitrogen functional groups attached to an aromatic ring is 1. The fraction of sp³-hybridized carbons (Fsp3) is 0.167. The first-order chi connectivity index (χ1) is 7.25. The lowest BCUT2D eigenvalue weighted by Crippen LogP contribution is -1.87. The first kappa shape index (κ1) is 10.2. The van der Waals surface area contributed by atoms with Gasteiger partial charge in [-0.25, -0.2) is 0 Å². The van der Waals surface area contributed by atoms with Gasteiger partial charge in [0.1, 0.15) is 11.5 Å². The Morgan fingerprint density at radius 2 is 2.00 bits per heavy atom. The number of para-hydroxylation sites is 1. The second-order valence-electron chi connectivity index (χ2n) is 3.34. The molecule has 2 N–H and O–H groups in total. The maximum atomic E-state index is 5.84. The van der Waals surface area contributed by atoms with Crippen molar-refractivity contribution in [3.63, 3.8) is 0 Å². The summed E-state index contributed by atoms with van der Waals surface area (Å²) >= 11 is 1.69. The van der Waals surface area contributed by atoms with E-state index in [1.165, 1.54) is 0 Å². The van der Waals surface area contributed by atoms with E-state index < -0.39 is 0 Å². The molecule has 1 heterocycles. The second kappa shape index (κ2) is 4.45. The molecule has 2 nitrogen and oxygen atoms in total. The summed E-state index contributed by atoms with van der Waals surface area (Å²) < 4.78 is 5.48. The average Bonchev–Trinajstić information content (AvgIpc) is 2.63. The van der Waals surface area contributed by atoms with Gasteiger partial charge in [-0.3, -0.25) is 0 Å². The third-order valence-corrected chi connectivity index (χ3v) is 3.20. The number of hydrogen-bond acceptors (Lipinski definition) is 3. The summed E-state index contributed by atoms with van der Waals surface area (Å²) in [7, 11) is 0. The molecule has 1 aromatic carbocycles. The van der Waals surface area contributed by atoms with Gasteiger partial charge in [0.25, 0.3) is 0 Å². The zero-order chi connectivity index (χ0) is 10.7. The Morgan fingerprint density at radius 3 is 2.67 bits per heavy atom. The van der Waals surface area contributed by atoms with E-state index in [4.69, 9.17) is 10.2 Å². The molecule has 1 aromatic heterocycles. The number of thioether (sulfide) groups is 1. The van der Waals surface area contributed by atoms with E-state index in [0.717, 1.165) is 27.9 Å². The van der Waals surface area contributed by atoms with Crippen molar-refractivity contribution in [2.75, 3.05) is 5.73 Å². The van der Waals surface area contributed by atoms with Gasteiger partial charge in [0.2, 0.25) is 0 Å². The van der Waals surface area contributed by atoms with Crippen LogP contribution in [0, 0.1) is 6.92 Å². The summed E-state index contributed by atoms with van der Waals surface area (Å²) in [5, 5.41) is 0. The zero-order valence-corrected chi connectivity index (χ0v) is 9.38. The summed E-state index contributed by atoms with van der Waals surface area (Å²) in [4.78, 5) is 1.10. The molecule has 15 heavy (non-hydrogen) atoms. The van der Waals surface area contributed by atoms with Gasteiger partial charge in [-0.15, -0.1) is 11.8 Å². The number of hydrogen-bond donors (Lipinski definition) is 1. The van der Waals surface area contributed by atoms with Crippen LogP contribution in [-0.4, -0.2) is 0 Å². The largest absolute Gasteiger partial charge is 0.465 e. The SMILES string of the molecule is Cc1ccc(CSc2ccccc2N)o1. The van der Waals surface area contributed by atoms with Crippen molar-refractivity contribution in [2.45, 2.75) is 17.6 Å². The molecule has 0 atom stereocenters. The van der Waals surface area contributed by atoms with Gasteiger partial charge in [0.15, 0.2) is 0 Å². The third kappa shape index (κ3) is 2.57. The summed E-state index contributed by atoms with van der Waals surface area (Å²) in [6.07, 6.45) is 0. The molecule has 2 rings (SSSR count). The lowest BCUT2D eigenvalue weighted by Gasteiger charge is -2.02. The first-order valence-electron chi connectivity index (χ1n) is 4.78. The van der Waals surface area contributed by atoms with E-state index >= 15 is 0 Å². The Bertz CT molecular complexity index is 450. The normalized spacial score (nSPS) is 10.5. The minimum atomic E-state index is 0.821. The van der Waals surface area contributed by atoms with Crippen molar-refractivity contribution in [2.24, 2.45) is 0 Å². The molecule has 0 aliphatic heterocycles. The van der Waals surface area contributed by atoms with Gasteiger partial charge < -0.3 is 10.2 Å². The molecule has 0 fully saturated rings. The van der Waals surface area contributed by atoms with Gasteiger partial charge in [-0.1, -0.05) is 12.1 Å². The van der Waals surface area contributed by atoms with Gasteiger partial charge in [-0.05, 0) is 31.2 Å². The van der Waals surface area contributed by atoms with Crippen molar-refractivity contribution in [3.05, 3.63) is 47.9 Å². The maximum Gasteiger partial charge on any atom is 0.114 e. The van der Waals surface area contributed by atoms with Crippen molar-refractivity contribution in [1.82, 2.24) is 0 Å². The summed E-state index contributed by atoms with van der Waals surface area (Å²) in [6.45, 7) is 1.95. The number of furan rings is 1. The predicted octanol–water partition coefficient (Wildman–Crippen LogP) is 3.46. The Labute approximate surface area is 93.5 Å². The van der Waals surface area contributed by atoms with Crippen LogP contribution in [0.5, 0.6) is 0 Å². The monoisotopic (exact) mass is 219 g/mol. The van der Waals surface area contributed by atoms with E-state index in [1.54, 1.807) is 11.8 Å². The van der Waals surface area contributed by atoms with Crippen LogP contribution in [0.2, 0.25) is 0 Å². The van der Waals surface area contributed by atoms with Crippen molar-refractivity contribution in [3.8, 4) is 0 Å². The number of rotatable bonds is 3. The fourth-order valence-electron chi connectivity index (χ4n) is 1.32. The van der Waals surface area contributed by atoms with Crippen LogP contribution in [0.25, 0.3) is 0 Å². The van der Waals surface area contributed by atoms with Crippen LogP contribution < -0.4 is 5.73 Å². The molecular weight excluding hydrogens is 206 g/mol. The van der Waals surface area contributed by atoms with E-state index in [1.807, 2.05) is 43.3 Å². The number of nitrogens with two attached hydrogens (primary N) is 1. The average molecular weight is 219 g/mol. The first-order valence-corrected chi connectivity index (χ1v) is 5.77. The molecule has 3 heteroatoms. The van der Waals surface area contributed by atoms with Crippen molar-refractivity contribution >= 4 is 17.4 Å². The third-order valence-electron chi connectivity index (χ3n) is 2.08. The van der Waals surface area contributed by atoms with E-state index in [2.05, 4.69) is 0 Å². The molecule has 0 aliphatic carbocycles. The number of aryl methyl sites for hydroxylation is 1. The Morgan fingerprint density at radius 1 is 1.20 bits per heavy atom. The number of anilines is 1. The molecule has 2 aromatic rings. The molecule has 0 saturated carbocycles. The van der Waals surface area contributed by atoms with Crippen LogP contribution in [-0.2, 0) is 5.75 Å². The van der Waals surface area contributed by atoms with Gasteiger partial charge >= 0.3 is 0 Å². The zero-order valence-electron chi connectivity index (χ0n) is 8.57. The van der Waals surface area contributed by atoms with Gasteiger partial charge in [-0.2, -0.15) is 0 Å². The second-order valence-corrected chi connectivity index (χ2v) is 4.36. The minimum Gasteiger partial charge on any atom is -0.465 e. The fourth-order valence-corrected chi connectivity index (χ4v) is 2.19. The quantitative estimate of drug-likeness (QED) is 0.634. The summed E-state index contributed by atoms with van der Waals surface area (Å²) in [6, 6.07) is 11.8. The van der Waals surface area contributed by atoms with E-state index in [-0.39, 0.29) is 0 Å². The highest BCUT2D eigenvalue weighted by atomic mass is 32.2. The van der Waals surface area contributed by atoms with Gasteiger partial charge in [0, 0.05) is 10.6 Å². The van der Waals surface area contributed by atoms with Crippen LogP contribution in [0.15, 0.2) is 45.7 Å². The van der Waals surface area contributed by atoms with Crippen LogP contribution in [0.4, 0.5) is 5.69 Å². The minimum absolute atomic E-state index is 0.821. The highest BCUT2D eigenvalue weighted by Gasteiger charge is 2.02. The molecule has 0 saturated heterocycles. The molecule has 0 bridgehead atoms. The smallest absolute Gasteiger partial charge is 0.114 e. The molecule has 0 unspecified atom stereocenters. The Hall–Kier alpha value is -1.35. The molecule has 0 aliphatic rings. The van der Waals surface area contributed by atoms with Crippen molar-refractivity contribution < 1.29 is 4.42 Å². The molecule has 0 spiro atoms. The topological polar surface area (TPSA) is 39.2 Å².